The maximum atomic E-state index is 5.59. The number of rotatable bonds is 3. The first kappa shape index (κ1) is 8.97. The molecule has 11 heavy (non-hydrogen) atoms. The molecule has 1 aliphatic carbocycles. The molecule has 0 bridgehead atoms. The van der Waals surface area contributed by atoms with Crippen LogP contribution in [0.15, 0.2) is 0 Å². The molecule has 0 radical (unpaired) electrons. The standard InChI is InChI=1S/C8H17NO2/c1-7(6-9)4-8(5-7,10-2)11-3/h4-6,9H2,1-3H3. The van der Waals surface area contributed by atoms with E-state index in [1.165, 1.54) is 0 Å². The van der Waals surface area contributed by atoms with Gasteiger partial charge in [0.1, 0.15) is 0 Å². The van der Waals surface area contributed by atoms with E-state index < -0.39 is 0 Å². The minimum Gasteiger partial charge on any atom is -0.353 e. The molecule has 0 aromatic heterocycles. The highest BCUT2D eigenvalue weighted by atomic mass is 16.7. The summed E-state index contributed by atoms with van der Waals surface area (Å²) >= 11 is 0. The fourth-order valence-corrected chi connectivity index (χ4v) is 1.77. The van der Waals surface area contributed by atoms with Gasteiger partial charge in [0.15, 0.2) is 5.79 Å². The molecule has 0 saturated heterocycles. The van der Waals surface area contributed by atoms with Gasteiger partial charge in [0.2, 0.25) is 0 Å². The summed E-state index contributed by atoms with van der Waals surface area (Å²) in [5, 5.41) is 0. The van der Waals surface area contributed by atoms with Gasteiger partial charge in [-0.15, -0.1) is 0 Å². The zero-order valence-electron chi connectivity index (χ0n) is 7.52. The summed E-state index contributed by atoms with van der Waals surface area (Å²) < 4.78 is 10.5. The Hall–Kier alpha value is -0.120. The molecular formula is C8H17NO2. The Morgan fingerprint density at radius 2 is 1.73 bits per heavy atom. The van der Waals surface area contributed by atoms with Gasteiger partial charge in [-0.2, -0.15) is 0 Å². The van der Waals surface area contributed by atoms with Crippen LogP contribution in [-0.4, -0.2) is 26.6 Å². The molecule has 0 spiro atoms. The molecule has 2 N–H and O–H groups in total. The summed E-state index contributed by atoms with van der Waals surface area (Å²) in [5.41, 5.74) is 5.82. The highest BCUT2D eigenvalue weighted by Crippen LogP contribution is 2.49. The van der Waals surface area contributed by atoms with E-state index in [0.29, 0.717) is 6.54 Å². The number of hydrogen-bond donors (Lipinski definition) is 1. The van der Waals surface area contributed by atoms with Gasteiger partial charge < -0.3 is 15.2 Å². The van der Waals surface area contributed by atoms with E-state index in [9.17, 15) is 0 Å². The van der Waals surface area contributed by atoms with Gasteiger partial charge in [-0.05, 0) is 12.0 Å². The van der Waals surface area contributed by atoms with Crippen molar-refractivity contribution in [2.45, 2.75) is 25.6 Å². The maximum Gasteiger partial charge on any atom is 0.168 e. The van der Waals surface area contributed by atoms with E-state index in [-0.39, 0.29) is 11.2 Å². The lowest BCUT2D eigenvalue weighted by molar-refractivity contribution is -0.291. The Kier molecular flexibility index (Phi) is 2.23. The minimum absolute atomic E-state index is 0.228. The van der Waals surface area contributed by atoms with Gasteiger partial charge in [-0.1, -0.05) is 6.92 Å². The van der Waals surface area contributed by atoms with Crippen molar-refractivity contribution >= 4 is 0 Å². The fourth-order valence-electron chi connectivity index (χ4n) is 1.77. The Balaban J connectivity index is 2.47. The summed E-state index contributed by atoms with van der Waals surface area (Å²) in [7, 11) is 3.36. The Morgan fingerprint density at radius 1 is 1.27 bits per heavy atom. The van der Waals surface area contributed by atoms with Crippen molar-refractivity contribution in [3.8, 4) is 0 Å². The van der Waals surface area contributed by atoms with Crippen molar-refractivity contribution in [3.05, 3.63) is 0 Å². The Bertz CT molecular complexity index is 135. The lowest BCUT2D eigenvalue weighted by atomic mass is 9.66. The highest BCUT2D eigenvalue weighted by Gasteiger charge is 2.52. The average molecular weight is 159 g/mol. The molecule has 1 fully saturated rings. The minimum atomic E-state index is -0.339. The molecular weight excluding hydrogens is 142 g/mol. The highest BCUT2D eigenvalue weighted by molar-refractivity contribution is 4.97. The average Bonchev–Trinajstić information content (AvgIpc) is 1.98. The normalized spacial score (nSPS) is 26.2. The zero-order valence-corrected chi connectivity index (χ0v) is 7.52. The van der Waals surface area contributed by atoms with Crippen molar-refractivity contribution in [2.24, 2.45) is 11.1 Å². The zero-order chi connectivity index (χ0) is 8.54. The van der Waals surface area contributed by atoms with Crippen LogP contribution < -0.4 is 5.73 Å². The third kappa shape index (κ3) is 1.41. The van der Waals surface area contributed by atoms with Crippen LogP contribution >= 0.6 is 0 Å². The molecule has 3 heteroatoms. The first-order chi connectivity index (χ1) is 5.10. The summed E-state index contributed by atoms with van der Waals surface area (Å²) in [4.78, 5) is 0. The lowest BCUT2D eigenvalue weighted by Gasteiger charge is -2.51. The van der Waals surface area contributed by atoms with Crippen LogP contribution in [0, 0.1) is 5.41 Å². The first-order valence-electron chi connectivity index (χ1n) is 3.90. The third-order valence-electron chi connectivity index (χ3n) is 2.63. The molecule has 0 heterocycles. The molecule has 1 rings (SSSR count). The number of nitrogens with two attached hydrogens (primary N) is 1. The van der Waals surface area contributed by atoms with Crippen LogP contribution in [0.3, 0.4) is 0 Å². The number of ether oxygens (including phenoxy) is 2. The number of methoxy groups -OCH3 is 2. The van der Waals surface area contributed by atoms with Gasteiger partial charge in [0, 0.05) is 27.1 Å². The van der Waals surface area contributed by atoms with Crippen LogP contribution in [0.5, 0.6) is 0 Å². The fraction of sp³-hybridized carbons (Fsp3) is 1.00. The van der Waals surface area contributed by atoms with Gasteiger partial charge >= 0.3 is 0 Å². The van der Waals surface area contributed by atoms with Gasteiger partial charge in [-0.3, -0.25) is 0 Å². The molecule has 1 aliphatic rings. The molecule has 0 aromatic carbocycles. The largest absolute Gasteiger partial charge is 0.353 e. The van der Waals surface area contributed by atoms with E-state index in [0.717, 1.165) is 12.8 Å². The van der Waals surface area contributed by atoms with Crippen molar-refractivity contribution in [1.82, 2.24) is 0 Å². The second-order valence-corrected chi connectivity index (χ2v) is 3.69. The van der Waals surface area contributed by atoms with Crippen LogP contribution in [0.2, 0.25) is 0 Å². The Labute approximate surface area is 67.9 Å². The third-order valence-corrected chi connectivity index (χ3v) is 2.63. The van der Waals surface area contributed by atoms with Gasteiger partial charge in [-0.25, -0.2) is 0 Å². The SMILES string of the molecule is COC1(OC)CC(C)(CN)C1. The van der Waals surface area contributed by atoms with Crippen LogP contribution in [0.4, 0.5) is 0 Å². The molecule has 0 aromatic rings. The van der Waals surface area contributed by atoms with E-state index in [2.05, 4.69) is 6.92 Å². The van der Waals surface area contributed by atoms with Crippen molar-refractivity contribution in [1.29, 1.82) is 0 Å². The quantitative estimate of drug-likeness (QED) is 0.617. The molecule has 0 amide bonds. The first-order valence-corrected chi connectivity index (χ1v) is 3.90. The van der Waals surface area contributed by atoms with E-state index in [1.807, 2.05) is 0 Å². The molecule has 66 valence electrons. The second-order valence-electron chi connectivity index (χ2n) is 3.69. The lowest BCUT2D eigenvalue weighted by Crippen LogP contribution is -2.55. The summed E-state index contributed by atoms with van der Waals surface area (Å²) in [5.74, 6) is -0.339. The van der Waals surface area contributed by atoms with Crippen LogP contribution in [0.1, 0.15) is 19.8 Å². The van der Waals surface area contributed by atoms with Crippen molar-refractivity contribution in [2.75, 3.05) is 20.8 Å². The molecule has 0 unspecified atom stereocenters. The summed E-state index contributed by atoms with van der Waals surface area (Å²) in [6.45, 7) is 2.87. The van der Waals surface area contributed by atoms with Crippen molar-refractivity contribution < 1.29 is 9.47 Å². The van der Waals surface area contributed by atoms with Crippen molar-refractivity contribution in [3.63, 3.8) is 0 Å². The smallest absolute Gasteiger partial charge is 0.168 e. The molecule has 0 aliphatic heterocycles. The van der Waals surface area contributed by atoms with Gasteiger partial charge in [0.25, 0.3) is 0 Å². The molecule has 1 saturated carbocycles. The maximum absolute atomic E-state index is 5.59. The number of hydrogen-bond acceptors (Lipinski definition) is 3. The molecule has 0 atom stereocenters. The predicted octanol–water partition coefficient (Wildman–Crippen LogP) is 0.734. The van der Waals surface area contributed by atoms with E-state index in [4.69, 9.17) is 15.2 Å². The summed E-state index contributed by atoms with van der Waals surface area (Å²) in [6, 6.07) is 0. The van der Waals surface area contributed by atoms with Crippen LogP contribution in [0.25, 0.3) is 0 Å². The predicted molar refractivity (Wildman–Crippen MR) is 43.1 cm³/mol. The monoisotopic (exact) mass is 159 g/mol. The second kappa shape index (κ2) is 2.73. The van der Waals surface area contributed by atoms with Gasteiger partial charge in [0.05, 0.1) is 0 Å². The topological polar surface area (TPSA) is 44.5 Å². The van der Waals surface area contributed by atoms with E-state index in [1.54, 1.807) is 14.2 Å². The Morgan fingerprint density at radius 3 is 2.00 bits per heavy atom. The summed E-state index contributed by atoms with van der Waals surface area (Å²) in [6.07, 6.45) is 1.81. The molecule has 3 nitrogen and oxygen atoms in total. The van der Waals surface area contributed by atoms with E-state index >= 15 is 0 Å². The van der Waals surface area contributed by atoms with Crippen LogP contribution in [-0.2, 0) is 9.47 Å².